The van der Waals surface area contributed by atoms with Crippen LogP contribution in [0.4, 0.5) is 0 Å². The minimum atomic E-state index is -0.0429. The number of benzene rings is 1. The van der Waals surface area contributed by atoms with E-state index in [4.69, 9.17) is 0 Å². The quantitative estimate of drug-likeness (QED) is 0.588. The van der Waals surface area contributed by atoms with Crippen LogP contribution in [-0.4, -0.2) is 46.2 Å². The van der Waals surface area contributed by atoms with Crippen LogP contribution in [-0.2, 0) is 6.54 Å². The van der Waals surface area contributed by atoms with E-state index < -0.39 is 0 Å². The zero-order chi connectivity index (χ0) is 20.1. The van der Waals surface area contributed by atoms with Crippen molar-refractivity contribution in [1.29, 1.82) is 0 Å². The molecule has 1 saturated heterocycles. The van der Waals surface area contributed by atoms with E-state index in [-0.39, 0.29) is 17.9 Å². The van der Waals surface area contributed by atoms with E-state index in [9.17, 15) is 4.79 Å². The number of carbonyl (C=O) groups excluding carboxylic acids is 1. The second-order valence-corrected chi connectivity index (χ2v) is 8.51. The summed E-state index contributed by atoms with van der Waals surface area (Å²) in [7, 11) is 0. The monoisotopic (exact) mass is 398 g/mol. The highest BCUT2D eigenvalue weighted by Crippen LogP contribution is 2.24. The van der Waals surface area contributed by atoms with E-state index in [1.54, 1.807) is 0 Å². The number of carbonyl (C=O) groups is 1. The summed E-state index contributed by atoms with van der Waals surface area (Å²) in [6.45, 7) is 9.02. The van der Waals surface area contributed by atoms with Crippen molar-refractivity contribution in [1.82, 2.24) is 20.2 Å². The molecular formula is C22H30N4OS. The molecule has 5 nitrogen and oxygen atoms in total. The number of aromatic nitrogens is 2. The predicted octanol–water partition coefficient (Wildman–Crippen LogP) is 4.02. The molecule has 2 aromatic rings. The van der Waals surface area contributed by atoms with Crippen LogP contribution in [0.3, 0.4) is 0 Å². The van der Waals surface area contributed by atoms with Crippen molar-refractivity contribution in [3.8, 4) is 0 Å². The summed E-state index contributed by atoms with van der Waals surface area (Å²) in [6.07, 6.45) is 3.90. The summed E-state index contributed by atoms with van der Waals surface area (Å²) >= 11 is 1.51. The van der Waals surface area contributed by atoms with Crippen molar-refractivity contribution in [2.75, 3.05) is 19.3 Å². The van der Waals surface area contributed by atoms with Gasteiger partial charge in [-0.05, 0) is 31.6 Å². The molecule has 1 aliphatic heterocycles. The second-order valence-electron chi connectivity index (χ2n) is 7.72. The molecule has 28 heavy (non-hydrogen) atoms. The Labute approximate surface area is 172 Å². The Bertz CT molecular complexity index is 802. The van der Waals surface area contributed by atoms with Crippen LogP contribution in [0.5, 0.6) is 0 Å². The van der Waals surface area contributed by atoms with Gasteiger partial charge in [0, 0.05) is 31.6 Å². The first-order chi connectivity index (χ1) is 13.5. The number of thioether (sulfide) groups is 1. The molecule has 1 N–H and O–H groups in total. The smallest absolute Gasteiger partial charge is 0.256 e. The van der Waals surface area contributed by atoms with E-state index in [0.29, 0.717) is 5.56 Å². The summed E-state index contributed by atoms with van der Waals surface area (Å²) in [6, 6.07) is 10.8. The van der Waals surface area contributed by atoms with Crippen molar-refractivity contribution in [2.45, 2.75) is 57.1 Å². The van der Waals surface area contributed by atoms with Crippen molar-refractivity contribution >= 4 is 17.7 Å². The molecule has 0 spiro atoms. The molecule has 3 rings (SSSR count). The Morgan fingerprint density at radius 2 is 1.89 bits per heavy atom. The molecule has 2 heterocycles. The highest BCUT2D eigenvalue weighted by molar-refractivity contribution is 7.98. The lowest BCUT2D eigenvalue weighted by atomic mass is 10.0. The van der Waals surface area contributed by atoms with E-state index in [1.165, 1.54) is 17.3 Å². The highest BCUT2D eigenvalue weighted by atomic mass is 32.2. The number of hydrogen-bond acceptors (Lipinski definition) is 5. The average molecular weight is 399 g/mol. The van der Waals surface area contributed by atoms with E-state index in [2.05, 4.69) is 58.3 Å². The van der Waals surface area contributed by atoms with Gasteiger partial charge in [-0.15, -0.1) is 11.8 Å². The van der Waals surface area contributed by atoms with Gasteiger partial charge in [0.05, 0.1) is 11.3 Å². The Morgan fingerprint density at radius 3 is 2.50 bits per heavy atom. The van der Waals surface area contributed by atoms with Crippen LogP contribution >= 0.6 is 11.8 Å². The molecule has 0 atom stereocenters. The summed E-state index contributed by atoms with van der Waals surface area (Å²) in [4.78, 5) is 24.6. The van der Waals surface area contributed by atoms with Gasteiger partial charge >= 0.3 is 0 Å². The molecule has 6 heteroatoms. The second kappa shape index (κ2) is 9.52. The van der Waals surface area contributed by atoms with E-state index in [1.807, 2.05) is 19.2 Å². The van der Waals surface area contributed by atoms with Crippen molar-refractivity contribution in [3.05, 3.63) is 53.0 Å². The van der Waals surface area contributed by atoms with Gasteiger partial charge in [-0.3, -0.25) is 9.69 Å². The normalized spacial score (nSPS) is 15.8. The minimum absolute atomic E-state index is 0.0429. The molecular weight excluding hydrogens is 368 g/mol. The molecule has 1 fully saturated rings. The maximum atomic E-state index is 12.9. The summed E-state index contributed by atoms with van der Waals surface area (Å²) < 4.78 is 0. The molecule has 0 aliphatic carbocycles. The Morgan fingerprint density at radius 1 is 1.21 bits per heavy atom. The standard InChI is InChI=1S/C22H30N4OS/c1-15(2)20-23-16(3)19(22(25-20)28-4)21(27)24-18-10-12-26(13-11-18)14-17-8-6-5-7-9-17/h5-9,15,18H,10-14H2,1-4H3,(H,24,27). The molecule has 1 amide bonds. The number of amides is 1. The van der Waals surface area contributed by atoms with Gasteiger partial charge < -0.3 is 5.32 Å². The number of aryl methyl sites for hydroxylation is 1. The van der Waals surface area contributed by atoms with Gasteiger partial charge in [-0.2, -0.15) is 0 Å². The minimum Gasteiger partial charge on any atom is -0.349 e. The van der Waals surface area contributed by atoms with Gasteiger partial charge in [-0.1, -0.05) is 44.2 Å². The Kier molecular flexibility index (Phi) is 7.08. The fraction of sp³-hybridized carbons (Fsp3) is 0.500. The van der Waals surface area contributed by atoms with Crippen molar-refractivity contribution in [3.63, 3.8) is 0 Å². The van der Waals surface area contributed by atoms with Gasteiger partial charge in [-0.25, -0.2) is 9.97 Å². The molecule has 0 saturated carbocycles. The van der Waals surface area contributed by atoms with Crippen molar-refractivity contribution < 1.29 is 4.79 Å². The van der Waals surface area contributed by atoms with Crippen molar-refractivity contribution in [2.24, 2.45) is 0 Å². The predicted molar refractivity (Wildman–Crippen MR) is 115 cm³/mol. The third kappa shape index (κ3) is 5.11. The lowest BCUT2D eigenvalue weighted by molar-refractivity contribution is 0.0904. The van der Waals surface area contributed by atoms with Gasteiger partial charge in [0.1, 0.15) is 10.9 Å². The van der Waals surface area contributed by atoms with Crippen LogP contribution < -0.4 is 5.32 Å². The number of rotatable bonds is 6. The van der Waals surface area contributed by atoms with E-state index >= 15 is 0 Å². The third-order valence-corrected chi connectivity index (χ3v) is 5.86. The fourth-order valence-corrected chi connectivity index (χ4v) is 4.20. The average Bonchev–Trinajstić information content (AvgIpc) is 2.69. The van der Waals surface area contributed by atoms with Crippen LogP contribution in [0.2, 0.25) is 0 Å². The molecule has 1 aliphatic rings. The maximum absolute atomic E-state index is 12.9. The molecule has 0 bridgehead atoms. The van der Waals surface area contributed by atoms with Gasteiger partial charge in [0.25, 0.3) is 5.91 Å². The van der Waals surface area contributed by atoms with Crippen LogP contribution in [0.25, 0.3) is 0 Å². The topological polar surface area (TPSA) is 58.1 Å². The first-order valence-corrected chi connectivity index (χ1v) is 11.2. The molecule has 0 radical (unpaired) electrons. The molecule has 1 aromatic carbocycles. The number of piperidine rings is 1. The van der Waals surface area contributed by atoms with Crippen LogP contribution in [0.1, 0.15) is 60.0 Å². The molecule has 0 unspecified atom stereocenters. The number of likely N-dealkylation sites (tertiary alicyclic amines) is 1. The summed E-state index contributed by atoms with van der Waals surface area (Å²) in [5.41, 5.74) is 2.73. The van der Waals surface area contributed by atoms with E-state index in [0.717, 1.165) is 49.0 Å². The largest absolute Gasteiger partial charge is 0.349 e. The Balaban J connectivity index is 1.60. The van der Waals surface area contributed by atoms with Crippen LogP contribution in [0, 0.1) is 6.92 Å². The third-order valence-electron chi connectivity index (χ3n) is 5.18. The zero-order valence-corrected chi connectivity index (χ0v) is 18.1. The SMILES string of the molecule is CSc1nc(C(C)C)nc(C)c1C(=O)NC1CCN(Cc2ccccc2)CC1. The highest BCUT2D eigenvalue weighted by Gasteiger charge is 2.24. The lowest BCUT2D eigenvalue weighted by Gasteiger charge is -2.32. The van der Waals surface area contributed by atoms with Gasteiger partial charge in [0.2, 0.25) is 0 Å². The zero-order valence-electron chi connectivity index (χ0n) is 17.2. The van der Waals surface area contributed by atoms with Crippen LogP contribution in [0.15, 0.2) is 35.4 Å². The number of nitrogens with one attached hydrogen (secondary N) is 1. The summed E-state index contributed by atoms with van der Waals surface area (Å²) in [5, 5.41) is 4.00. The summed E-state index contributed by atoms with van der Waals surface area (Å²) in [5.74, 6) is 1.00. The first-order valence-electron chi connectivity index (χ1n) is 9.97. The number of hydrogen-bond donors (Lipinski definition) is 1. The van der Waals surface area contributed by atoms with Gasteiger partial charge in [0.15, 0.2) is 0 Å². The first kappa shape index (κ1) is 20.8. The lowest BCUT2D eigenvalue weighted by Crippen LogP contribution is -2.44. The molecule has 1 aromatic heterocycles. The fourth-order valence-electron chi connectivity index (χ4n) is 3.57. The molecule has 150 valence electrons. The Hall–Kier alpha value is -1.92. The maximum Gasteiger partial charge on any atom is 0.256 e. The number of nitrogens with zero attached hydrogens (tertiary/aromatic N) is 3.